The Hall–Kier alpha value is -3.23. The van der Waals surface area contributed by atoms with E-state index >= 15 is 0 Å². The molecule has 0 aliphatic carbocycles. The van der Waals surface area contributed by atoms with Gasteiger partial charge in [0.15, 0.2) is 5.82 Å². The first-order valence-corrected chi connectivity index (χ1v) is 7.68. The predicted molar refractivity (Wildman–Crippen MR) is 86.3 cm³/mol. The molecule has 9 heteroatoms. The molecule has 1 fully saturated rings. The number of carbonyl (C=O) groups excluding carboxylic acids is 3. The zero-order valence-corrected chi connectivity index (χ0v) is 13.8. The minimum Gasteiger partial charge on any atom is -0.360 e. The number of nitrogens with one attached hydrogen (secondary N) is 2. The highest BCUT2D eigenvalue weighted by Crippen LogP contribution is 2.28. The Labute approximate surface area is 143 Å². The quantitative estimate of drug-likeness (QED) is 0.787. The Balaban J connectivity index is 1.64. The van der Waals surface area contributed by atoms with Crippen LogP contribution in [0.3, 0.4) is 0 Å². The van der Waals surface area contributed by atoms with Gasteiger partial charge in [-0.1, -0.05) is 11.2 Å². The maximum atomic E-state index is 12.7. The van der Waals surface area contributed by atoms with Gasteiger partial charge < -0.3 is 15.2 Å². The molecule has 1 aliphatic rings. The molecule has 130 valence electrons. The number of rotatable bonds is 5. The van der Waals surface area contributed by atoms with Crippen LogP contribution in [-0.2, 0) is 15.1 Å². The molecule has 1 atom stereocenters. The first-order valence-electron chi connectivity index (χ1n) is 7.68. The van der Waals surface area contributed by atoms with Crippen LogP contribution in [0.2, 0.25) is 0 Å². The van der Waals surface area contributed by atoms with E-state index in [0.717, 1.165) is 4.90 Å². The van der Waals surface area contributed by atoms with Gasteiger partial charge in [-0.15, -0.1) is 0 Å². The number of urea groups is 1. The molecule has 0 unspecified atom stereocenters. The minimum absolute atomic E-state index is 0.0385. The van der Waals surface area contributed by atoms with Crippen molar-refractivity contribution >= 4 is 23.7 Å². The second kappa shape index (κ2) is 6.34. The van der Waals surface area contributed by atoms with Gasteiger partial charge in [0.25, 0.3) is 5.91 Å². The smallest absolute Gasteiger partial charge is 0.325 e. The number of nitrogens with zero attached hydrogens (tertiary/aromatic N) is 3. The summed E-state index contributed by atoms with van der Waals surface area (Å²) in [5.74, 6) is 0.0657. The van der Waals surface area contributed by atoms with Gasteiger partial charge in [0.05, 0.1) is 0 Å². The Kier molecular flexibility index (Phi) is 4.22. The van der Waals surface area contributed by atoms with Crippen LogP contribution in [0.1, 0.15) is 24.7 Å². The van der Waals surface area contributed by atoms with Crippen molar-refractivity contribution in [2.75, 3.05) is 11.9 Å². The van der Waals surface area contributed by atoms with E-state index < -0.39 is 17.5 Å². The molecule has 0 radical (unpaired) electrons. The monoisotopic (exact) mass is 343 g/mol. The van der Waals surface area contributed by atoms with E-state index in [1.165, 1.54) is 6.20 Å². The Bertz CT molecular complexity index is 819. The fourth-order valence-electron chi connectivity index (χ4n) is 2.60. The number of amides is 4. The summed E-state index contributed by atoms with van der Waals surface area (Å²) in [5.41, 5.74) is -0.608. The van der Waals surface area contributed by atoms with Crippen LogP contribution in [0.5, 0.6) is 0 Å². The molecular formula is C16H17N5O4. The summed E-state index contributed by atoms with van der Waals surface area (Å²) in [4.78, 5) is 41.8. The summed E-state index contributed by atoms with van der Waals surface area (Å²) in [5, 5.41) is 8.86. The number of hydrogen-bond donors (Lipinski definition) is 2. The molecule has 1 aliphatic heterocycles. The summed E-state index contributed by atoms with van der Waals surface area (Å²) in [6.45, 7) is 3.28. The molecule has 3 rings (SSSR count). The second-order valence-electron chi connectivity index (χ2n) is 5.87. The summed E-state index contributed by atoms with van der Waals surface area (Å²) in [6, 6.07) is 4.44. The lowest BCUT2D eigenvalue weighted by Crippen LogP contribution is -2.41. The maximum Gasteiger partial charge on any atom is 0.325 e. The summed E-state index contributed by atoms with van der Waals surface area (Å²) in [6.07, 6.45) is 3.07. The minimum atomic E-state index is -1.19. The number of pyridine rings is 1. The van der Waals surface area contributed by atoms with Gasteiger partial charge in [-0.25, -0.2) is 4.79 Å². The lowest BCUT2D eigenvalue weighted by molar-refractivity contribution is -0.131. The van der Waals surface area contributed by atoms with Crippen LogP contribution >= 0.6 is 0 Å². The molecule has 1 saturated heterocycles. The third-order valence-corrected chi connectivity index (χ3v) is 3.97. The zero-order valence-electron chi connectivity index (χ0n) is 13.8. The van der Waals surface area contributed by atoms with E-state index in [0.29, 0.717) is 17.1 Å². The van der Waals surface area contributed by atoms with Crippen molar-refractivity contribution < 1.29 is 18.9 Å². The number of imide groups is 1. The number of hydrogen-bond acceptors (Lipinski definition) is 6. The summed E-state index contributed by atoms with van der Waals surface area (Å²) in [7, 11) is 0. The van der Waals surface area contributed by atoms with Crippen LogP contribution < -0.4 is 10.6 Å². The van der Waals surface area contributed by atoms with E-state index in [1.54, 1.807) is 38.2 Å². The van der Waals surface area contributed by atoms with Gasteiger partial charge in [-0.2, -0.15) is 0 Å². The van der Waals surface area contributed by atoms with Crippen molar-refractivity contribution in [3.05, 3.63) is 41.9 Å². The lowest BCUT2D eigenvalue weighted by Gasteiger charge is -2.21. The van der Waals surface area contributed by atoms with Gasteiger partial charge in [-0.05, 0) is 19.9 Å². The molecule has 2 aromatic heterocycles. The van der Waals surface area contributed by atoms with Crippen molar-refractivity contribution in [1.29, 1.82) is 0 Å². The van der Waals surface area contributed by atoms with Gasteiger partial charge in [0.2, 0.25) is 5.91 Å². The highest BCUT2D eigenvalue weighted by molar-refractivity contribution is 6.07. The average molecular weight is 343 g/mol. The number of carbonyl (C=O) groups is 3. The van der Waals surface area contributed by atoms with Gasteiger partial charge in [0, 0.05) is 37.0 Å². The molecule has 0 aromatic carbocycles. The highest BCUT2D eigenvalue weighted by Gasteiger charge is 2.48. The molecule has 25 heavy (non-hydrogen) atoms. The second-order valence-corrected chi connectivity index (χ2v) is 5.87. The van der Waals surface area contributed by atoms with Gasteiger partial charge in [0.1, 0.15) is 11.3 Å². The van der Waals surface area contributed by atoms with Crippen molar-refractivity contribution in [2.45, 2.75) is 25.8 Å². The fraction of sp³-hybridized carbons (Fsp3) is 0.312. The standard InChI is InChI=1S/C16H17N5O4/c1-10-8-12(20-25-10)18-13(22)5-7-21-14(23)16(2,19-15(21)24)11-4-3-6-17-9-11/h3-4,6,8-9H,5,7H2,1-2H3,(H,19,24)(H,18,20,22)/t16-/m1/s1. The molecule has 9 nitrogen and oxygen atoms in total. The largest absolute Gasteiger partial charge is 0.360 e. The normalized spacial score (nSPS) is 19.8. The number of aromatic nitrogens is 2. The molecule has 3 heterocycles. The van der Waals surface area contributed by atoms with Crippen molar-refractivity contribution in [2.24, 2.45) is 0 Å². The van der Waals surface area contributed by atoms with E-state index in [2.05, 4.69) is 20.8 Å². The van der Waals surface area contributed by atoms with E-state index in [-0.39, 0.29) is 18.9 Å². The molecule has 0 saturated carbocycles. The van der Waals surface area contributed by atoms with E-state index in [4.69, 9.17) is 4.52 Å². The van der Waals surface area contributed by atoms with Crippen molar-refractivity contribution in [3.63, 3.8) is 0 Å². The maximum absolute atomic E-state index is 12.7. The van der Waals surface area contributed by atoms with Crippen LogP contribution in [0.25, 0.3) is 0 Å². The van der Waals surface area contributed by atoms with Crippen LogP contribution in [-0.4, -0.2) is 39.4 Å². The van der Waals surface area contributed by atoms with Crippen LogP contribution in [0.15, 0.2) is 35.1 Å². The van der Waals surface area contributed by atoms with Crippen LogP contribution in [0, 0.1) is 6.92 Å². The molecule has 0 spiro atoms. The molecule has 4 amide bonds. The third kappa shape index (κ3) is 3.21. The number of aryl methyl sites for hydroxylation is 1. The summed E-state index contributed by atoms with van der Waals surface area (Å²) >= 11 is 0. The molecule has 0 bridgehead atoms. The SMILES string of the molecule is Cc1cc(NC(=O)CCN2C(=O)N[C@](C)(c3cccnc3)C2=O)no1. The van der Waals surface area contributed by atoms with E-state index in [9.17, 15) is 14.4 Å². The first kappa shape index (κ1) is 16.6. The summed E-state index contributed by atoms with van der Waals surface area (Å²) < 4.78 is 4.85. The fourth-order valence-corrected chi connectivity index (χ4v) is 2.60. The Morgan fingerprint density at radius 1 is 1.44 bits per heavy atom. The topological polar surface area (TPSA) is 117 Å². The third-order valence-electron chi connectivity index (χ3n) is 3.97. The van der Waals surface area contributed by atoms with Crippen LogP contribution in [0.4, 0.5) is 10.6 Å². The average Bonchev–Trinajstić information content (AvgIpc) is 3.09. The van der Waals surface area contributed by atoms with E-state index in [1.807, 2.05) is 0 Å². The molecule has 2 N–H and O–H groups in total. The highest BCUT2D eigenvalue weighted by atomic mass is 16.5. The van der Waals surface area contributed by atoms with Crippen molar-refractivity contribution in [3.8, 4) is 0 Å². The Morgan fingerprint density at radius 2 is 2.24 bits per heavy atom. The lowest BCUT2D eigenvalue weighted by atomic mass is 9.93. The van der Waals surface area contributed by atoms with Gasteiger partial charge >= 0.3 is 6.03 Å². The molecular weight excluding hydrogens is 326 g/mol. The Morgan fingerprint density at radius 3 is 2.88 bits per heavy atom. The molecule has 2 aromatic rings. The van der Waals surface area contributed by atoms with Crippen molar-refractivity contribution in [1.82, 2.24) is 20.4 Å². The zero-order chi connectivity index (χ0) is 18.0. The number of anilines is 1. The first-order chi connectivity index (χ1) is 11.9. The van der Waals surface area contributed by atoms with Gasteiger partial charge in [-0.3, -0.25) is 19.5 Å². The predicted octanol–water partition coefficient (Wildman–Crippen LogP) is 1.17.